The van der Waals surface area contributed by atoms with E-state index in [0.717, 1.165) is 28.3 Å². The molecule has 2 heterocycles. The molecule has 0 saturated heterocycles. The lowest BCUT2D eigenvalue weighted by Gasteiger charge is -2.13. The second-order valence-electron chi connectivity index (χ2n) is 6.84. The molecular weight excluding hydrogens is 457 g/mol. The fraction of sp³-hybridized carbons (Fsp3) is 0.273. The van der Waals surface area contributed by atoms with Crippen molar-refractivity contribution in [2.75, 3.05) is 5.32 Å². The highest BCUT2D eigenvalue weighted by atomic mass is 32.2. The summed E-state index contributed by atoms with van der Waals surface area (Å²) in [5, 5.41) is 11.7. The number of halogens is 3. The molecule has 0 radical (unpaired) electrons. The minimum Gasteiger partial charge on any atom is -0.316 e. The van der Waals surface area contributed by atoms with Crippen LogP contribution >= 0.6 is 23.1 Å². The fourth-order valence-electron chi connectivity index (χ4n) is 3.02. The summed E-state index contributed by atoms with van der Waals surface area (Å²) >= 11 is 2.13. The molecule has 0 bridgehead atoms. The molecule has 0 spiro atoms. The van der Waals surface area contributed by atoms with Gasteiger partial charge in [-0.15, -0.1) is 11.3 Å². The Morgan fingerprint density at radius 2 is 1.97 bits per heavy atom. The van der Waals surface area contributed by atoms with E-state index in [4.69, 9.17) is 0 Å². The average molecular weight is 477 g/mol. The van der Waals surface area contributed by atoms with Gasteiger partial charge in [0.15, 0.2) is 5.16 Å². The number of nitrogens with zero attached hydrogens (tertiary/aromatic N) is 3. The molecule has 0 fully saturated rings. The summed E-state index contributed by atoms with van der Waals surface area (Å²) in [6, 6.07) is 11.5. The zero-order valence-electron chi connectivity index (χ0n) is 17.4. The van der Waals surface area contributed by atoms with E-state index in [0.29, 0.717) is 22.5 Å². The molecule has 1 N–H and O–H groups in total. The Balaban J connectivity index is 1.86. The van der Waals surface area contributed by atoms with Gasteiger partial charge in [0.05, 0.1) is 16.5 Å². The van der Waals surface area contributed by atoms with Gasteiger partial charge >= 0.3 is 6.18 Å². The van der Waals surface area contributed by atoms with Crippen LogP contribution in [-0.2, 0) is 17.4 Å². The lowest BCUT2D eigenvalue weighted by molar-refractivity contribution is -0.141. The second-order valence-corrected chi connectivity index (χ2v) is 9.37. The molecule has 0 aliphatic rings. The summed E-state index contributed by atoms with van der Waals surface area (Å²) in [5.41, 5.74) is 0.856. The van der Waals surface area contributed by atoms with Gasteiger partial charge in [-0.1, -0.05) is 49.0 Å². The number of hydrogen-bond acceptors (Lipinski definition) is 6. The maximum Gasteiger partial charge on any atom is 0.433 e. The highest BCUT2D eigenvalue weighted by molar-refractivity contribution is 8.00. The maximum absolute atomic E-state index is 13.4. The molecule has 32 heavy (non-hydrogen) atoms. The smallest absolute Gasteiger partial charge is 0.316 e. The van der Waals surface area contributed by atoms with Gasteiger partial charge in [0.2, 0.25) is 5.91 Å². The Kier molecular flexibility index (Phi) is 7.21. The SMILES string of the molecule is CCc1c(C)sc(NC(=O)C(C)Sc2nc(-c3ccccc3)cc(C(F)(F)F)n2)c1C#N. The van der Waals surface area contributed by atoms with Crippen LogP contribution < -0.4 is 5.32 Å². The van der Waals surface area contributed by atoms with E-state index < -0.39 is 23.0 Å². The highest BCUT2D eigenvalue weighted by Crippen LogP contribution is 2.35. The van der Waals surface area contributed by atoms with E-state index in [1.165, 1.54) is 11.3 Å². The van der Waals surface area contributed by atoms with Crippen LogP contribution in [0.25, 0.3) is 11.3 Å². The van der Waals surface area contributed by atoms with Crippen LogP contribution in [0, 0.1) is 18.3 Å². The first-order valence-corrected chi connectivity index (χ1v) is 11.3. The van der Waals surface area contributed by atoms with E-state index in [1.54, 1.807) is 37.3 Å². The van der Waals surface area contributed by atoms with Crippen molar-refractivity contribution in [3.8, 4) is 17.3 Å². The lowest BCUT2D eigenvalue weighted by Crippen LogP contribution is -2.23. The summed E-state index contributed by atoms with van der Waals surface area (Å²) < 4.78 is 40.2. The molecule has 0 aliphatic heterocycles. The van der Waals surface area contributed by atoms with Crippen molar-refractivity contribution in [1.82, 2.24) is 9.97 Å². The molecular formula is C22H19F3N4OS2. The maximum atomic E-state index is 13.4. The first-order chi connectivity index (χ1) is 15.1. The Hall–Kier alpha value is -2.90. The van der Waals surface area contributed by atoms with E-state index in [9.17, 15) is 23.2 Å². The first-order valence-electron chi connectivity index (χ1n) is 9.65. The number of nitrogens with one attached hydrogen (secondary N) is 1. The average Bonchev–Trinajstić information content (AvgIpc) is 3.07. The number of benzene rings is 1. The summed E-state index contributed by atoms with van der Waals surface area (Å²) in [7, 11) is 0. The van der Waals surface area contributed by atoms with E-state index in [1.807, 2.05) is 13.8 Å². The fourth-order valence-corrected chi connectivity index (χ4v) is 4.90. The Morgan fingerprint density at radius 1 is 1.28 bits per heavy atom. The molecule has 3 aromatic rings. The summed E-state index contributed by atoms with van der Waals surface area (Å²) in [6.45, 7) is 5.36. The summed E-state index contributed by atoms with van der Waals surface area (Å²) in [5.74, 6) is -0.447. The molecule has 10 heteroatoms. The number of carbonyl (C=O) groups is 1. The van der Waals surface area contributed by atoms with Crippen molar-refractivity contribution < 1.29 is 18.0 Å². The molecule has 0 aliphatic carbocycles. The molecule has 1 atom stereocenters. The number of alkyl halides is 3. The highest BCUT2D eigenvalue weighted by Gasteiger charge is 2.34. The van der Waals surface area contributed by atoms with Gasteiger partial charge in [0.25, 0.3) is 0 Å². The van der Waals surface area contributed by atoms with Crippen LogP contribution in [0.5, 0.6) is 0 Å². The molecule has 1 aromatic carbocycles. The normalized spacial score (nSPS) is 12.3. The molecule has 5 nitrogen and oxygen atoms in total. The Morgan fingerprint density at radius 3 is 2.56 bits per heavy atom. The minimum atomic E-state index is -4.65. The van der Waals surface area contributed by atoms with Crippen LogP contribution in [-0.4, -0.2) is 21.1 Å². The van der Waals surface area contributed by atoms with Crippen molar-refractivity contribution in [2.45, 2.75) is 43.8 Å². The summed E-state index contributed by atoms with van der Waals surface area (Å²) in [6.07, 6.45) is -3.99. The van der Waals surface area contributed by atoms with Crippen LogP contribution in [0.4, 0.5) is 18.2 Å². The zero-order chi connectivity index (χ0) is 23.5. The number of rotatable bonds is 6. The number of aryl methyl sites for hydroxylation is 1. The summed E-state index contributed by atoms with van der Waals surface area (Å²) in [4.78, 5) is 21.5. The second kappa shape index (κ2) is 9.71. The third-order valence-corrected chi connectivity index (χ3v) is 6.65. The minimum absolute atomic E-state index is 0.122. The van der Waals surface area contributed by atoms with E-state index in [2.05, 4.69) is 21.4 Å². The van der Waals surface area contributed by atoms with Gasteiger partial charge in [0, 0.05) is 10.4 Å². The molecule has 1 unspecified atom stereocenters. The first kappa shape index (κ1) is 23.8. The van der Waals surface area contributed by atoms with E-state index in [-0.39, 0.29) is 10.9 Å². The van der Waals surface area contributed by atoms with Crippen LogP contribution in [0.15, 0.2) is 41.6 Å². The third-order valence-electron chi connectivity index (χ3n) is 4.63. The Bertz CT molecular complexity index is 1170. The Labute approximate surface area is 191 Å². The van der Waals surface area contributed by atoms with Gasteiger partial charge < -0.3 is 5.32 Å². The van der Waals surface area contributed by atoms with Gasteiger partial charge in [-0.2, -0.15) is 18.4 Å². The largest absolute Gasteiger partial charge is 0.433 e. The van der Waals surface area contributed by atoms with E-state index >= 15 is 0 Å². The van der Waals surface area contributed by atoms with Crippen LogP contribution in [0.2, 0.25) is 0 Å². The number of aromatic nitrogens is 2. The van der Waals surface area contributed by atoms with Gasteiger partial charge in [-0.05, 0) is 31.9 Å². The number of anilines is 1. The van der Waals surface area contributed by atoms with Crippen molar-refractivity contribution in [1.29, 1.82) is 5.26 Å². The molecule has 0 saturated carbocycles. The van der Waals surface area contributed by atoms with Gasteiger partial charge in [-0.3, -0.25) is 4.79 Å². The predicted octanol–water partition coefficient (Wildman–Crippen LogP) is 6.09. The van der Waals surface area contributed by atoms with Crippen LogP contribution in [0.1, 0.15) is 35.5 Å². The van der Waals surface area contributed by atoms with Gasteiger partial charge in [-0.25, -0.2) is 9.97 Å². The quantitative estimate of drug-likeness (QED) is 0.344. The van der Waals surface area contributed by atoms with Crippen molar-refractivity contribution in [3.05, 3.63) is 58.1 Å². The zero-order valence-corrected chi connectivity index (χ0v) is 19.1. The van der Waals surface area contributed by atoms with Crippen molar-refractivity contribution in [2.24, 2.45) is 0 Å². The standard InChI is InChI=1S/C22H19F3N4OS2/c1-4-15-12(2)31-20(16(15)11-26)29-19(30)13(3)32-21-27-17(14-8-6-5-7-9-14)10-18(28-21)22(23,24)25/h5-10,13H,4H2,1-3H3,(H,29,30). The number of thiophene rings is 1. The number of amides is 1. The predicted molar refractivity (Wildman–Crippen MR) is 120 cm³/mol. The molecule has 3 rings (SSSR count). The number of hydrogen-bond donors (Lipinski definition) is 1. The number of thioether (sulfide) groups is 1. The topological polar surface area (TPSA) is 78.7 Å². The molecule has 2 aromatic heterocycles. The van der Waals surface area contributed by atoms with Crippen molar-refractivity contribution >= 4 is 34.0 Å². The number of carbonyl (C=O) groups excluding carboxylic acids is 1. The lowest BCUT2D eigenvalue weighted by atomic mass is 10.1. The number of nitriles is 1. The monoisotopic (exact) mass is 476 g/mol. The van der Waals surface area contributed by atoms with Crippen LogP contribution in [0.3, 0.4) is 0 Å². The van der Waals surface area contributed by atoms with Gasteiger partial charge in [0.1, 0.15) is 16.8 Å². The third kappa shape index (κ3) is 5.29. The molecule has 166 valence electrons. The molecule has 1 amide bonds. The van der Waals surface area contributed by atoms with Crippen molar-refractivity contribution in [3.63, 3.8) is 0 Å².